The Morgan fingerprint density at radius 3 is 2.42 bits per heavy atom. The second kappa shape index (κ2) is 10.4. The number of methoxy groups -OCH3 is 1. The summed E-state index contributed by atoms with van der Waals surface area (Å²) in [4.78, 5) is 39.7. The van der Waals surface area contributed by atoms with Crippen molar-refractivity contribution >= 4 is 17.9 Å². The van der Waals surface area contributed by atoms with Gasteiger partial charge in [0.15, 0.2) is 0 Å². The summed E-state index contributed by atoms with van der Waals surface area (Å²) >= 11 is 0. The van der Waals surface area contributed by atoms with E-state index in [0.29, 0.717) is 38.4 Å². The molecule has 1 unspecified atom stereocenters. The van der Waals surface area contributed by atoms with E-state index in [1.165, 1.54) is 13.5 Å². The molecule has 0 bridgehead atoms. The Kier molecular flexibility index (Phi) is 8.19. The van der Waals surface area contributed by atoms with Crippen molar-refractivity contribution in [3.8, 4) is 0 Å². The number of rotatable bonds is 6. The summed E-state index contributed by atoms with van der Waals surface area (Å²) in [6.07, 6.45) is 5.65. The summed E-state index contributed by atoms with van der Waals surface area (Å²) in [5.74, 6) is 0.715. The van der Waals surface area contributed by atoms with Gasteiger partial charge in [-0.05, 0) is 44.4 Å². The lowest BCUT2D eigenvalue weighted by atomic mass is 9.93. The van der Waals surface area contributed by atoms with Gasteiger partial charge in [0.1, 0.15) is 0 Å². The van der Waals surface area contributed by atoms with Gasteiger partial charge in [-0.3, -0.25) is 9.59 Å². The fraction of sp³-hybridized carbons (Fsp3) is 0.842. The van der Waals surface area contributed by atoms with Gasteiger partial charge in [-0.15, -0.1) is 0 Å². The lowest BCUT2D eigenvalue weighted by molar-refractivity contribution is -0.141. The molecule has 3 amide bonds. The number of esters is 1. The number of unbranched alkanes of at least 4 members (excludes halogenated alkanes) is 1. The maximum absolute atomic E-state index is 12.7. The molecule has 1 atom stereocenters. The molecule has 2 fully saturated rings. The van der Waals surface area contributed by atoms with Crippen molar-refractivity contribution in [2.24, 2.45) is 11.8 Å². The van der Waals surface area contributed by atoms with Gasteiger partial charge in [-0.1, -0.05) is 6.92 Å². The lowest BCUT2D eigenvalue weighted by Crippen LogP contribution is -2.49. The van der Waals surface area contributed by atoms with Gasteiger partial charge in [0.25, 0.3) is 0 Å². The molecule has 2 heterocycles. The summed E-state index contributed by atoms with van der Waals surface area (Å²) in [6.45, 7) is 5.79. The van der Waals surface area contributed by atoms with Crippen LogP contribution in [0.3, 0.4) is 0 Å². The average Bonchev–Trinajstić information content (AvgIpc) is 2.66. The third-order valence-electron chi connectivity index (χ3n) is 5.41. The highest BCUT2D eigenvalue weighted by atomic mass is 16.5. The molecule has 2 rings (SSSR count). The molecule has 0 radical (unpaired) electrons. The Bertz CT molecular complexity index is 489. The average molecular weight is 367 g/mol. The Morgan fingerprint density at radius 2 is 1.77 bits per heavy atom. The van der Waals surface area contributed by atoms with Crippen LogP contribution in [0.4, 0.5) is 4.79 Å². The number of urea groups is 1. The van der Waals surface area contributed by atoms with Crippen molar-refractivity contribution in [2.75, 3.05) is 39.8 Å². The van der Waals surface area contributed by atoms with E-state index in [0.717, 1.165) is 38.8 Å². The van der Waals surface area contributed by atoms with Gasteiger partial charge < -0.3 is 19.9 Å². The molecule has 2 aliphatic heterocycles. The molecule has 148 valence electrons. The summed E-state index contributed by atoms with van der Waals surface area (Å²) in [5, 5.41) is 2.90. The van der Waals surface area contributed by atoms with Crippen molar-refractivity contribution in [1.82, 2.24) is 15.1 Å². The highest BCUT2D eigenvalue weighted by Crippen LogP contribution is 2.23. The molecule has 0 aromatic carbocycles. The van der Waals surface area contributed by atoms with Gasteiger partial charge in [0.05, 0.1) is 7.11 Å². The minimum atomic E-state index is -0.217. The number of ether oxygens (including phenoxy) is 1. The first-order valence-electron chi connectivity index (χ1n) is 9.89. The first kappa shape index (κ1) is 20.5. The van der Waals surface area contributed by atoms with Crippen LogP contribution in [0.1, 0.15) is 51.9 Å². The van der Waals surface area contributed by atoms with Crippen LogP contribution in [0, 0.1) is 11.8 Å². The van der Waals surface area contributed by atoms with Crippen molar-refractivity contribution in [2.45, 2.75) is 51.9 Å². The zero-order valence-electron chi connectivity index (χ0n) is 16.2. The van der Waals surface area contributed by atoms with Crippen molar-refractivity contribution < 1.29 is 19.1 Å². The molecule has 0 spiro atoms. The number of nitrogens with one attached hydrogen (secondary N) is 1. The molecule has 0 aromatic rings. The van der Waals surface area contributed by atoms with E-state index >= 15 is 0 Å². The summed E-state index contributed by atoms with van der Waals surface area (Å²) in [6, 6.07) is -0.0689. The van der Waals surface area contributed by atoms with Crippen LogP contribution in [-0.4, -0.2) is 67.5 Å². The Balaban J connectivity index is 1.63. The zero-order chi connectivity index (χ0) is 18.9. The number of piperidine rings is 2. The Labute approximate surface area is 156 Å². The number of hydrogen-bond donors (Lipinski definition) is 1. The smallest absolute Gasteiger partial charge is 0.317 e. The molecule has 0 saturated carbocycles. The predicted octanol–water partition coefficient (Wildman–Crippen LogP) is 2.01. The molecule has 7 nitrogen and oxygen atoms in total. The Morgan fingerprint density at radius 1 is 1.04 bits per heavy atom. The van der Waals surface area contributed by atoms with Crippen LogP contribution in [0.2, 0.25) is 0 Å². The SMILES string of the molecule is COC(=O)CCCCNC(=O)N1CCC(C(=O)N2CCCC(C)C2)CC1. The van der Waals surface area contributed by atoms with Crippen LogP contribution in [0.25, 0.3) is 0 Å². The quantitative estimate of drug-likeness (QED) is 0.575. The van der Waals surface area contributed by atoms with E-state index in [2.05, 4.69) is 17.0 Å². The third kappa shape index (κ3) is 6.18. The maximum Gasteiger partial charge on any atom is 0.317 e. The number of likely N-dealkylation sites (tertiary alicyclic amines) is 2. The lowest BCUT2D eigenvalue weighted by Gasteiger charge is -2.37. The summed E-state index contributed by atoms with van der Waals surface area (Å²) in [7, 11) is 1.38. The van der Waals surface area contributed by atoms with Gasteiger partial charge >= 0.3 is 12.0 Å². The summed E-state index contributed by atoms with van der Waals surface area (Å²) in [5.41, 5.74) is 0. The highest BCUT2D eigenvalue weighted by molar-refractivity contribution is 5.80. The van der Waals surface area contributed by atoms with Crippen LogP contribution in [0.5, 0.6) is 0 Å². The van der Waals surface area contributed by atoms with E-state index in [9.17, 15) is 14.4 Å². The minimum absolute atomic E-state index is 0.0596. The molecule has 2 aliphatic rings. The first-order chi connectivity index (χ1) is 12.5. The van der Waals surface area contributed by atoms with Crippen molar-refractivity contribution in [1.29, 1.82) is 0 Å². The van der Waals surface area contributed by atoms with E-state index in [4.69, 9.17) is 0 Å². The van der Waals surface area contributed by atoms with Gasteiger partial charge in [0.2, 0.25) is 5.91 Å². The summed E-state index contributed by atoms with van der Waals surface area (Å²) < 4.78 is 4.59. The fourth-order valence-electron chi connectivity index (χ4n) is 3.78. The molecular weight excluding hydrogens is 334 g/mol. The van der Waals surface area contributed by atoms with E-state index in [1.807, 2.05) is 4.90 Å². The van der Waals surface area contributed by atoms with E-state index in [1.54, 1.807) is 4.90 Å². The first-order valence-corrected chi connectivity index (χ1v) is 9.89. The molecule has 0 aromatic heterocycles. The minimum Gasteiger partial charge on any atom is -0.469 e. The van der Waals surface area contributed by atoms with Crippen LogP contribution in [-0.2, 0) is 14.3 Å². The molecular formula is C19H33N3O4. The number of amides is 3. The number of carbonyl (C=O) groups is 3. The van der Waals surface area contributed by atoms with E-state index < -0.39 is 0 Å². The molecule has 0 aliphatic carbocycles. The van der Waals surface area contributed by atoms with Crippen molar-refractivity contribution in [3.05, 3.63) is 0 Å². The number of nitrogens with zero attached hydrogens (tertiary/aromatic N) is 2. The molecule has 1 N–H and O–H groups in total. The molecule has 26 heavy (non-hydrogen) atoms. The normalized spacial score (nSPS) is 21.4. The Hall–Kier alpha value is -1.79. The number of carbonyl (C=O) groups excluding carboxylic acids is 3. The molecule has 2 saturated heterocycles. The van der Waals surface area contributed by atoms with Crippen LogP contribution >= 0.6 is 0 Å². The third-order valence-corrected chi connectivity index (χ3v) is 5.41. The standard InChI is InChI=1S/C19H33N3O4/c1-15-6-5-11-22(14-15)18(24)16-8-12-21(13-9-16)19(25)20-10-4-3-7-17(23)26-2/h15-16H,3-14H2,1-2H3,(H,20,25). The fourth-order valence-corrected chi connectivity index (χ4v) is 3.78. The second-order valence-electron chi connectivity index (χ2n) is 7.56. The van der Waals surface area contributed by atoms with Crippen LogP contribution in [0.15, 0.2) is 0 Å². The predicted molar refractivity (Wildman–Crippen MR) is 98.5 cm³/mol. The van der Waals surface area contributed by atoms with Gasteiger partial charge in [0, 0.05) is 45.1 Å². The maximum atomic E-state index is 12.7. The second-order valence-corrected chi connectivity index (χ2v) is 7.56. The van der Waals surface area contributed by atoms with E-state index in [-0.39, 0.29) is 23.8 Å². The zero-order valence-corrected chi connectivity index (χ0v) is 16.2. The largest absolute Gasteiger partial charge is 0.469 e. The topological polar surface area (TPSA) is 79.0 Å². The van der Waals surface area contributed by atoms with Gasteiger partial charge in [-0.25, -0.2) is 4.79 Å². The monoisotopic (exact) mass is 367 g/mol. The van der Waals surface area contributed by atoms with Crippen LogP contribution < -0.4 is 5.32 Å². The molecule has 7 heteroatoms. The van der Waals surface area contributed by atoms with Crippen molar-refractivity contribution in [3.63, 3.8) is 0 Å². The highest BCUT2D eigenvalue weighted by Gasteiger charge is 2.31. The van der Waals surface area contributed by atoms with Gasteiger partial charge in [-0.2, -0.15) is 0 Å². The number of hydrogen-bond acceptors (Lipinski definition) is 4.